The first-order valence-corrected chi connectivity index (χ1v) is 8.59. The van der Waals surface area contributed by atoms with Crippen molar-refractivity contribution < 1.29 is 14.3 Å². The number of rotatable bonds is 4. The van der Waals surface area contributed by atoms with Gasteiger partial charge in [0.1, 0.15) is 5.69 Å². The van der Waals surface area contributed by atoms with Gasteiger partial charge in [-0.25, -0.2) is 4.98 Å². The smallest absolute Gasteiger partial charge is 0.272 e. The monoisotopic (exact) mass is 318 g/mol. The fourth-order valence-corrected chi connectivity index (χ4v) is 3.81. The van der Waals surface area contributed by atoms with Gasteiger partial charge in [-0.15, -0.1) is 0 Å². The third-order valence-electron chi connectivity index (χ3n) is 5.02. The van der Waals surface area contributed by atoms with Gasteiger partial charge in [-0.3, -0.25) is 4.79 Å². The molecule has 1 aliphatic carbocycles. The molecule has 5 heteroatoms. The molecule has 1 aromatic heterocycles. The minimum atomic E-state index is -0.229. The van der Waals surface area contributed by atoms with Crippen LogP contribution in [0.3, 0.4) is 0 Å². The number of aromatic nitrogens is 1. The zero-order valence-corrected chi connectivity index (χ0v) is 14.1. The summed E-state index contributed by atoms with van der Waals surface area (Å²) >= 11 is 0. The molecule has 0 radical (unpaired) electrons. The highest BCUT2D eigenvalue weighted by Crippen LogP contribution is 2.41. The van der Waals surface area contributed by atoms with Gasteiger partial charge < -0.3 is 14.4 Å². The lowest BCUT2D eigenvalue weighted by Gasteiger charge is -2.44. The second-order valence-corrected chi connectivity index (χ2v) is 6.55. The van der Waals surface area contributed by atoms with Crippen LogP contribution in [0.4, 0.5) is 0 Å². The van der Waals surface area contributed by atoms with Crippen molar-refractivity contribution in [1.29, 1.82) is 0 Å². The Labute approximate surface area is 138 Å². The molecule has 0 bridgehead atoms. The van der Waals surface area contributed by atoms with Gasteiger partial charge in [-0.2, -0.15) is 0 Å². The fourth-order valence-electron chi connectivity index (χ4n) is 3.81. The van der Waals surface area contributed by atoms with Gasteiger partial charge in [0.05, 0.1) is 25.4 Å². The molecule has 0 N–H and O–H groups in total. The van der Waals surface area contributed by atoms with E-state index in [0.29, 0.717) is 31.3 Å². The molecule has 2 fully saturated rings. The van der Waals surface area contributed by atoms with E-state index in [1.54, 1.807) is 6.07 Å². The summed E-state index contributed by atoms with van der Waals surface area (Å²) in [5.74, 6) is 0.391. The van der Waals surface area contributed by atoms with E-state index >= 15 is 0 Å². The minimum Gasteiger partial charge on any atom is -0.381 e. The van der Waals surface area contributed by atoms with Gasteiger partial charge >= 0.3 is 0 Å². The molecule has 23 heavy (non-hydrogen) atoms. The molecule has 1 aromatic rings. The second-order valence-electron chi connectivity index (χ2n) is 6.55. The first-order valence-electron chi connectivity index (χ1n) is 8.59. The number of ether oxygens (including phenoxy) is 2. The first kappa shape index (κ1) is 16.4. The lowest BCUT2D eigenvalue weighted by atomic mass is 9.89. The number of morpholine rings is 1. The molecule has 1 spiro atoms. The largest absolute Gasteiger partial charge is 0.381 e. The molecule has 126 valence electrons. The molecule has 3 rings (SSSR count). The zero-order valence-electron chi connectivity index (χ0n) is 14.1. The van der Waals surface area contributed by atoms with Crippen molar-refractivity contribution >= 4 is 5.91 Å². The summed E-state index contributed by atoms with van der Waals surface area (Å²) in [5.41, 5.74) is 1.17. The zero-order chi connectivity index (χ0) is 16.3. The maximum Gasteiger partial charge on any atom is 0.272 e. The average Bonchev–Trinajstić information content (AvgIpc) is 2.94. The van der Waals surface area contributed by atoms with Crippen molar-refractivity contribution in [2.24, 2.45) is 5.92 Å². The van der Waals surface area contributed by atoms with Crippen molar-refractivity contribution in [2.75, 3.05) is 32.9 Å². The lowest BCUT2D eigenvalue weighted by Crippen LogP contribution is -2.56. The van der Waals surface area contributed by atoms with Crippen LogP contribution in [-0.4, -0.2) is 54.3 Å². The topological polar surface area (TPSA) is 51.7 Å². The Morgan fingerprint density at radius 3 is 3.17 bits per heavy atom. The van der Waals surface area contributed by atoms with E-state index in [-0.39, 0.29) is 11.5 Å². The summed E-state index contributed by atoms with van der Waals surface area (Å²) < 4.78 is 11.8. The molecule has 2 atom stereocenters. The Bertz CT molecular complexity index is 563. The molecular weight excluding hydrogens is 292 g/mol. The molecule has 1 aliphatic heterocycles. The minimum absolute atomic E-state index is 0.0124. The van der Waals surface area contributed by atoms with Crippen molar-refractivity contribution in [2.45, 2.75) is 38.7 Å². The van der Waals surface area contributed by atoms with Crippen molar-refractivity contribution in [3.8, 4) is 0 Å². The highest BCUT2D eigenvalue weighted by atomic mass is 16.5. The Morgan fingerprint density at radius 1 is 1.52 bits per heavy atom. The molecule has 5 nitrogen and oxygen atoms in total. The number of pyridine rings is 1. The predicted octanol–water partition coefficient (Wildman–Crippen LogP) is 2.44. The number of hydrogen-bond acceptors (Lipinski definition) is 4. The van der Waals surface area contributed by atoms with E-state index in [2.05, 4.69) is 4.98 Å². The van der Waals surface area contributed by atoms with Crippen LogP contribution in [0.1, 0.15) is 42.4 Å². The summed E-state index contributed by atoms with van der Waals surface area (Å²) in [4.78, 5) is 19.1. The van der Waals surface area contributed by atoms with E-state index < -0.39 is 0 Å². The van der Waals surface area contributed by atoms with Crippen LogP contribution in [0, 0.1) is 12.8 Å². The van der Waals surface area contributed by atoms with Gasteiger partial charge in [0.2, 0.25) is 0 Å². The van der Waals surface area contributed by atoms with Crippen LogP contribution in [0.25, 0.3) is 0 Å². The normalized spacial score (nSPS) is 27.6. The van der Waals surface area contributed by atoms with Crippen LogP contribution < -0.4 is 0 Å². The van der Waals surface area contributed by atoms with Crippen LogP contribution in [-0.2, 0) is 9.47 Å². The highest BCUT2D eigenvalue weighted by Gasteiger charge is 2.48. The van der Waals surface area contributed by atoms with Crippen molar-refractivity contribution in [1.82, 2.24) is 9.88 Å². The highest BCUT2D eigenvalue weighted by molar-refractivity contribution is 5.92. The van der Waals surface area contributed by atoms with E-state index in [0.717, 1.165) is 38.2 Å². The quantitative estimate of drug-likeness (QED) is 0.855. The molecule has 1 amide bonds. The Balaban J connectivity index is 1.73. The number of nitrogens with zero attached hydrogens (tertiary/aromatic N) is 2. The maximum absolute atomic E-state index is 12.8. The number of amides is 1. The number of aryl methyl sites for hydroxylation is 1. The number of carbonyl (C=O) groups is 1. The maximum atomic E-state index is 12.8. The molecule has 0 aromatic carbocycles. The van der Waals surface area contributed by atoms with E-state index in [9.17, 15) is 4.79 Å². The first-order chi connectivity index (χ1) is 11.1. The molecule has 2 heterocycles. The summed E-state index contributed by atoms with van der Waals surface area (Å²) in [6, 6.07) is 5.59. The van der Waals surface area contributed by atoms with E-state index in [1.165, 1.54) is 0 Å². The van der Waals surface area contributed by atoms with Crippen LogP contribution in [0.15, 0.2) is 18.2 Å². The Kier molecular flexibility index (Phi) is 4.97. The third kappa shape index (κ3) is 3.40. The van der Waals surface area contributed by atoms with Gasteiger partial charge in [0.15, 0.2) is 0 Å². The third-order valence-corrected chi connectivity index (χ3v) is 5.02. The van der Waals surface area contributed by atoms with Gasteiger partial charge in [0.25, 0.3) is 5.91 Å². The van der Waals surface area contributed by atoms with Gasteiger partial charge in [0, 0.05) is 24.8 Å². The Morgan fingerprint density at radius 2 is 2.39 bits per heavy atom. The predicted molar refractivity (Wildman–Crippen MR) is 87.4 cm³/mol. The van der Waals surface area contributed by atoms with Gasteiger partial charge in [-0.05, 0) is 38.8 Å². The summed E-state index contributed by atoms with van der Waals surface area (Å²) in [5, 5.41) is 0. The number of carbonyl (C=O) groups excluding carboxylic acids is 1. The van der Waals surface area contributed by atoms with Gasteiger partial charge in [-0.1, -0.05) is 12.5 Å². The standard InChI is InChI=1S/C18H26N2O3/c1-3-22-12-15-7-5-9-18(15)13-20(10-11-23-18)17(21)16-8-4-6-14(2)19-16/h4,6,8,15H,3,5,7,9-13H2,1-2H3/t15-,18-/m1/s1. The van der Waals surface area contributed by atoms with Crippen LogP contribution >= 0.6 is 0 Å². The van der Waals surface area contributed by atoms with Crippen molar-refractivity contribution in [3.63, 3.8) is 0 Å². The Hall–Kier alpha value is -1.46. The summed E-state index contributed by atoms with van der Waals surface area (Å²) in [6.45, 7) is 7.26. The SMILES string of the molecule is CCOC[C@H]1CCC[C@@]12CN(C(=O)c1cccc(C)n1)CCO2. The molecule has 1 saturated carbocycles. The van der Waals surface area contributed by atoms with Crippen LogP contribution in [0.5, 0.6) is 0 Å². The lowest BCUT2D eigenvalue weighted by molar-refractivity contribution is -0.132. The molecule has 2 aliphatic rings. The van der Waals surface area contributed by atoms with Crippen molar-refractivity contribution in [3.05, 3.63) is 29.6 Å². The molecule has 1 saturated heterocycles. The summed E-state index contributed by atoms with van der Waals surface area (Å²) in [7, 11) is 0. The van der Waals surface area contributed by atoms with E-state index in [4.69, 9.17) is 9.47 Å². The second kappa shape index (κ2) is 6.97. The average molecular weight is 318 g/mol. The summed E-state index contributed by atoms with van der Waals surface area (Å²) in [6.07, 6.45) is 3.27. The number of hydrogen-bond donors (Lipinski definition) is 0. The fraction of sp³-hybridized carbons (Fsp3) is 0.667. The molecular formula is C18H26N2O3. The van der Waals surface area contributed by atoms with E-state index in [1.807, 2.05) is 30.9 Å². The van der Waals surface area contributed by atoms with Crippen LogP contribution in [0.2, 0.25) is 0 Å². The molecule has 0 unspecified atom stereocenters.